The standard InChI is InChI=1S/C26H21F3N6O5/c1-38-18-5-3-2-4-16(18)19-11-13-21(40-19)23(37)33-25(31)35-34-24(30)32-22(36)20-12-10-17(39-20)14-6-8-15(9-7-14)26(27,28)29/h2-13H,1H3,(H3,30,32,34,36)(H3,31,33,35,37). The molecule has 6 N–H and O–H groups in total. The molecule has 206 valence electrons. The van der Waals surface area contributed by atoms with Crippen LogP contribution in [0.1, 0.15) is 26.7 Å². The number of carbonyl (C=O) groups is 2. The lowest BCUT2D eigenvalue weighted by atomic mass is 10.1. The topological polar surface area (TPSA) is 170 Å². The van der Waals surface area contributed by atoms with Gasteiger partial charge >= 0.3 is 6.18 Å². The van der Waals surface area contributed by atoms with Crippen molar-refractivity contribution in [3.05, 3.63) is 89.9 Å². The van der Waals surface area contributed by atoms with E-state index < -0.39 is 35.5 Å². The molecule has 0 saturated carbocycles. The maximum Gasteiger partial charge on any atom is 0.416 e. The summed E-state index contributed by atoms with van der Waals surface area (Å²) in [4.78, 5) is 24.8. The lowest BCUT2D eigenvalue weighted by molar-refractivity contribution is -0.137. The monoisotopic (exact) mass is 554 g/mol. The second-order valence-electron chi connectivity index (χ2n) is 7.98. The molecule has 0 aliphatic carbocycles. The molecular weight excluding hydrogens is 533 g/mol. The second-order valence-corrected chi connectivity index (χ2v) is 7.98. The molecule has 14 heteroatoms. The molecule has 2 heterocycles. The minimum absolute atomic E-state index is 0.0639. The number of furan rings is 2. The molecule has 2 aromatic heterocycles. The van der Waals surface area contributed by atoms with Crippen LogP contribution in [0, 0.1) is 0 Å². The van der Waals surface area contributed by atoms with Crippen molar-refractivity contribution in [2.24, 2.45) is 21.7 Å². The molecule has 0 unspecified atom stereocenters. The summed E-state index contributed by atoms with van der Waals surface area (Å²) in [7, 11) is 1.51. The first kappa shape index (κ1) is 27.5. The van der Waals surface area contributed by atoms with Crippen molar-refractivity contribution in [2.45, 2.75) is 6.18 Å². The molecule has 4 aromatic rings. The lowest BCUT2D eigenvalue weighted by Gasteiger charge is -2.06. The summed E-state index contributed by atoms with van der Waals surface area (Å²) < 4.78 is 54.5. The van der Waals surface area contributed by atoms with Gasteiger partial charge in [-0.1, -0.05) is 24.3 Å². The largest absolute Gasteiger partial charge is 0.496 e. The second kappa shape index (κ2) is 11.5. The van der Waals surface area contributed by atoms with Crippen molar-refractivity contribution < 1.29 is 36.3 Å². The maximum absolute atomic E-state index is 12.7. The molecule has 0 atom stereocenters. The summed E-state index contributed by atoms with van der Waals surface area (Å²) in [6.07, 6.45) is -4.47. The molecule has 40 heavy (non-hydrogen) atoms. The predicted molar refractivity (Wildman–Crippen MR) is 138 cm³/mol. The Morgan fingerprint density at radius 1 is 0.775 bits per heavy atom. The Balaban J connectivity index is 1.35. The van der Waals surface area contributed by atoms with Crippen LogP contribution in [-0.2, 0) is 6.18 Å². The molecule has 0 radical (unpaired) electrons. The van der Waals surface area contributed by atoms with Crippen molar-refractivity contribution >= 4 is 23.7 Å². The van der Waals surface area contributed by atoms with Crippen LogP contribution >= 0.6 is 0 Å². The van der Waals surface area contributed by atoms with Gasteiger partial charge < -0.3 is 25.0 Å². The van der Waals surface area contributed by atoms with Crippen LogP contribution in [0.25, 0.3) is 22.6 Å². The van der Waals surface area contributed by atoms with Gasteiger partial charge in [0.05, 0.1) is 18.2 Å². The van der Waals surface area contributed by atoms with Gasteiger partial charge in [-0.3, -0.25) is 20.2 Å². The first-order valence-corrected chi connectivity index (χ1v) is 11.3. The average Bonchev–Trinajstić information content (AvgIpc) is 3.62. The molecule has 2 amide bonds. The molecule has 0 spiro atoms. The highest BCUT2D eigenvalue weighted by Crippen LogP contribution is 2.32. The molecule has 0 aliphatic rings. The van der Waals surface area contributed by atoms with E-state index in [-0.39, 0.29) is 17.3 Å². The minimum atomic E-state index is -4.47. The van der Waals surface area contributed by atoms with Crippen molar-refractivity contribution in [1.82, 2.24) is 10.6 Å². The van der Waals surface area contributed by atoms with E-state index in [1.807, 2.05) is 0 Å². The molecule has 4 rings (SSSR count). The zero-order valence-corrected chi connectivity index (χ0v) is 20.7. The number of alkyl halides is 3. The van der Waals surface area contributed by atoms with Crippen LogP contribution < -0.4 is 26.8 Å². The Bertz CT molecular complexity index is 1590. The van der Waals surface area contributed by atoms with Crippen molar-refractivity contribution in [1.29, 1.82) is 0 Å². The van der Waals surface area contributed by atoms with E-state index in [0.717, 1.165) is 12.1 Å². The number of benzene rings is 2. The lowest BCUT2D eigenvalue weighted by Crippen LogP contribution is -2.38. The molecule has 11 nitrogen and oxygen atoms in total. The van der Waals surface area contributed by atoms with E-state index in [0.29, 0.717) is 22.6 Å². The van der Waals surface area contributed by atoms with Gasteiger partial charge in [0.15, 0.2) is 11.5 Å². The van der Waals surface area contributed by atoms with E-state index in [2.05, 4.69) is 20.8 Å². The Morgan fingerprint density at radius 3 is 1.85 bits per heavy atom. The minimum Gasteiger partial charge on any atom is -0.496 e. The van der Waals surface area contributed by atoms with E-state index in [9.17, 15) is 22.8 Å². The van der Waals surface area contributed by atoms with Crippen molar-refractivity contribution in [2.75, 3.05) is 7.11 Å². The van der Waals surface area contributed by atoms with Crippen LogP contribution in [0.15, 0.2) is 91.8 Å². The number of rotatable bonds is 6. The number of para-hydroxylation sites is 1. The van der Waals surface area contributed by atoms with Crippen LogP contribution in [-0.4, -0.2) is 30.8 Å². The molecule has 0 bridgehead atoms. The van der Waals surface area contributed by atoms with Crippen LogP contribution in [0.3, 0.4) is 0 Å². The number of guanidine groups is 2. The SMILES string of the molecule is COc1ccccc1-c1ccc(C(=O)NC(N)=NN=C(N)NC(=O)c2ccc(-c3ccc(C(F)(F)F)cc3)o2)o1. The quantitative estimate of drug-likeness (QED) is 0.159. The number of carbonyl (C=O) groups excluding carboxylic acids is 2. The highest BCUT2D eigenvalue weighted by atomic mass is 19.4. The fraction of sp³-hybridized carbons (Fsp3) is 0.0769. The van der Waals surface area contributed by atoms with Crippen molar-refractivity contribution in [3.8, 4) is 28.4 Å². The van der Waals surface area contributed by atoms with E-state index in [4.69, 9.17) is 25.0 Å². The zero-order chi connectivity index (χ0) is 28.9. The van der Waals surface area contributed by atoms with Gasteiger partial charge in [-0.2, -0.15) is 13.2 Å². The van der Waals surface area contributed by atoms with Crippen molar-refractivity contribution in [3.63, 3.8) is 0 Å². The van der Waals surface area contributed by atoms with Gasteiger partial charge in [-0.25, -0.2) is 0 Å². The summed E-state index contributed by atoms with van der Waals surface area (Å²) in [5, 5.41) is 11.5. The summed E-state index contributed by atoms with van der Waals surface area (Å²) >= 11 is 0. The fourth-order valence-corrected chi connectivity index (χ4v) is 3.40. The van der Waals surface area contributed by atoms with Crippen LogP contribution in [0.4, 0.5) is 13.2 Å². The summed E-state index contributed by atoms with van der Waals surface area (Å²) in [6.45, 7) is 0. The number of nitrogens with one attached hydrogen (secondary N) is 2. The number of nitrogens with zero attached hydrogens (tertiary/aromatic N) is 2. The molecule has 0 aliphatic heterocycles. The summed E-state index contributed by atoms with van der Waals surface area (Å²) in [5.41, 5.74) is 11.5. The number of amides is 2. The molecule has 0 saturated heterocycles. The van der Waals surface area contributed by atoms with Gasteiger partial charge in [0, 0.05) is 5.56 Å². The number of methoxy groups -OCH3 is 1. The van der Waals surface area contributed by atoms with Crippen LogP contribution in [0.2, 0.25) is 0 Å². The zero-order valence-electron chi connectivity index (χ0n) is 20.7. The summed E-state index contributed by atoms with van der Waals surface area (Å²) in [5.74, 6) is -1.60. The van der Waals surface area contributed by atoms with E-state index in [1.54, 1.807) is 30.3 Å². The number of hydrogen-bond donors (Lipinski definition) is 4. The highest BCUT2D eigenvalue weighted by Gasteiger charge is 2.30. The van der Waals surface area contributed by atoms with Gasteiger partial charge in [-0.05, 0) is 48.5 Å². The maximum atomic E-state index is 12.7. The Morgan fingerprint density at radius 2 is 1.30 bits per heavy atom. The predicted octanol–water partition coefficient (Wildman–Crippen LogP) is 3.94. The van der Waals surface area contributed by atoms with Gasteiger partial charge in [-0.15, -0.1) is 10.2 Å². The third kappa shape index (κ3) is 6.48. The molecular formula is C26H21F3N6O5. The van der Waals surface area contributed by atoms with Gasteiger partial charge in [0.25, 0.3) is 11.8 Å². The molecule has 2 aromatic carbocycles. The fourth-order valence-electron chi connectivity index (χ4n) is 3.40. The Labute approximate surface area is 224 Å². The average molecular weight is 554 g/mol. The first-order valence-electron chi connectivity index (χ1n) is 11.3. The van der Waals surface area contributed by atoms with Crippen LogP contribution in [0.5, 0.6) is 5.75 Å². The third-order valence-corrected chi connectivity index (χ3v) is 5.28. The number of hydrogen-bond acceptors (Lipinski definition) is 7. The smallest absolute Gasteiger partial charge is 0.416 e. The first-order chi connectivity index (χ1) is 19.0. The van der Waals surface area contributed by atoms with Gasteiger partial charge in [0.1, 0.15) is 17.3 Å². The van der Waals surface area contributed by atoms with E-state index in [1.165, 1.54) is 37.4 Å². The van der Waals surface area contributed by atoms with E-state index >= 15 is 0 Å². The third-order valence-electron chi connectivity index (χ3n) is 5.28. The summed E-state index contributed by atoms with van der Waals surface area (Å²) in [6, 6.07) is 17.0. The number of ether oxygens (including phenoxy) is 1. The highest BCUT2D eigenvalue weighted by molar-refractivity contribution is 6.05. The molecule has 0 fully saturated rings. The Kier molecular flexibility index (Phi) is 7.89. The number of halogens is 3. The number of nitrogens with two attached hydrogens (primary N) is 2. The Hall–Kier alpha value is -5.53. The van der Waals surface area contributed by atoms with Gasteiger partial charge in [0.2, 0.25) is 11.9 Å². The normalized spacial score (nSPS) is 12.2.